The Balaban J connectivity index is 1.32. The first-order chi connectivity index (χ1) is 18.0. The highest BCUT2D eigenvalue weighted by molar-refractivity contribution is 5.77. The normalized spacial score (nSPS) is 18.1. The summed E-state index contributed by atoms with van der Waals surface area (Å²) in [6, 6.07) is 25.7. The van der Waals surface area contributed by atoms with Gasteiger partial charge < -0.3 is 14.6 Å². The molecule has 1 aliphatic rings. The van der Waals surface area contributed by atoms with E-state index in [2.05, 4.69) is 46.3 Å². The van der Waals surface area contributed by atoms with Gasteiger partial charge in [-0.3, -0.25) is 14.2 Å². The number of ether oxygens (including phenoxy) is 1. The average Bonchev–Trinajstić information content (AvgIpc) is 2.93. The van der Waals surface area contributed by atoms with Gasteiger partial charge in [0, 0.05) is 19.6 Å². The molecule has 0 aliphatic carbocycles. The summed E-state index contributed by atoms with van der Waals surface area (Å²) in [4.78, 5) is 43.4. The van der Waals surface area contributed by atoms with Crippen LogP contribution in [0.1, 0.15) is 24.8 Å². The third-order valence-electron chi connectivity index (χ3n) is 7.26. The monoisotopic (exact) mass is 497 g/mol. The van der Waals surface area contributed by atoms with E-state index in [0.29, 0.717) is 30.6 Å². The molecule has 37 heavy (non-hydrogen) atoms. The van der Waals surface area contributed by atoms with Gasteiger partial charge in [-0.15, -0.1) is 0 Å². The van der Waals surface area contributed by atoms with Gasteiger partial charge >= 0.3 is 11.7 Å². The molecule has 0 unspecified atom stereocenters. The quantitative estimate of drug-likeness (QED) is 0.390. The number of esters is 1. The van der Waals surface area contributed by atoms with Crippen LogP contribution in [0, 0.1) is 5.92 Å². The van der Waals surface area contributed by atoms with E-state index in [4.69, 9.17) is 4.74 Å². The minimum Gasteiger partial charge on any atom is -0.466 e. The molecule has 3 aromatic carbocycles. The summed E-state index contributed by atoms with van der Waals surface area (Å²) < 4.78 is 6.69. The zero-order valence-corrected chi connectivity index (χ0v) is 20.9. The standard InChI is InChI=1S/C30H31N3O4/c1-2-37-29(35)26-20-32(18-19-33-28(34)25-10-6-7-11-27(25)31-30(33)36)17-16-24(26)23-14-12-22(13-15-23)21-8-4-3-5-9-21/h3-15,24,26H,2,16-20H2,1H3,(H,31,36)/t24-,26-/m1/s1. The van der Waals surface area contributed by atoms with Gasteiger partial charge in [-0.05, 0) is 54.6 Å². The van der Waals surface area contributed by atoms with Crippen LogP contribution >= 0.6 is 0 Å². The molecule has 1 aliphatic heterocycles. The van der Waals surface area contributed by atoms with Gasteiger partial charge in [0.15, 0.2) is 0 Å². The smallest absolute Gasteiger partial charge is 0.328 e. The first kappa shape index (κ1) is 24.7. The van der Waals surface area contributed by atoms with Gasteiger partial charge in [0.2, 0.25) is 0 Å². The van der Waals surface area contributed by atoms with E-state index in [9.17, 15) is 14.4 Å². The summed E-state index contributed by atoms with van der Waals surface area (Å²) in [6.07, 6.45) is 0.789. The van der Waals surface area contributed by atoms with E-state index in [0.717, 1.165) is 29.7 Å². The van der Waals surface area contributed by atoms with E-state index in [-0.39, 0.29) is 29.9 Å². The Morgan fingerprint density at radius 1 is 0.919 bits per heavy atom. The van der Waals surface area contributed by atoms with E-state index in [1.54, 1.807) is 24.3 Å². The van der Waals surface area contributed by atoms with Crippen molar-refractivity contribution in [2.75, 3.05) is 26.2 Å². The van der Waals surface area contributed by atoms with Gasteiger partial charge in [-0.2, -0.15) is 0 Å². The predicted molar refractivity (Wildman–Crippen MR) is 145 cm³/mol. The predicted octanol–water partition coefficient (Wildman–Crippen LogP) is 4.03. The van der Waals surface area contributed by atoms with Crippen molar-refractivity contribution in [2.45, 2.75) is 25.8 Å². The van der Waals surface area contributed by atoms with E-state index < -0.39 is 5.69 Å². The van der Waals surface area contributed by atoms with Crippen LogP contribution in [-0.4, -0.2) is 46.7 Å². The fourth-order valence-electron chi connectivity index (χ4n) is 5.31. The summed E-state index contributed by atoms with van der Waals surface area (Å²) >= 11 is 0. The molecule has 0 radical (unpaired) electrons. The second kappa shape index (κ2) is 11.0. The molecule has 1 fully saturated rings. The Kier molecular flexibility index (Phi) is 7.32. The number of hydrogen-bond acceptors (Lipinski definition) is 5. The summed E-state index contributed by atoms with van der Waals surface area (Å²) in [5.41, 5.74) is 3.24. The maximum Gasteiger partial charge on any atom is 0.328 e. The second-order valence-electron chi connectivity index (χ2n) is 9.47. The Morgan fingerprint density at radius 3 is 2.38 bits per heavy atom. The van der Waals surface area contributed by atoms with Gasteiger partial charge in [-0.1, -0.05) is 66.7 Å². The minimum absolute atomic E-state index is 0.0481. The number of para-hydroxylation sites is 1. The summed E-state index contributed by atoms with van der Waals surface area (Å²) in [5.74, 6) is -0.472. The van der Waals surface area contributed by atoms with Crippen LogP contribution in [-0.2, 0) is 16.1 Å². The van der Waals surface area contributed by atoms with Crippen molar-refractivity contribution in [2.24, 2.45) is 5.92 Å². The number of nitrogens with one attached hydrogen (secondary N) is 1. The number of carbonyl (C=O) groups excluding carboxylic acids is 1. The summed E-state index contributed by atoms with van der Waals surface area (Å²) in [7, 11) is 0. The molecule has 1 N–H and O–H groups in total. The summed E-state index contributed by atoms with van der Waals surface area (Å²) in [5, 5.41) is 0.490. The lowest BCUT2D eigenvalue weighted by Gasteiger charge is -2.37. The number of aromatic nitrogens is 2. The average molecular weight is 498 g/mol. The molecule has 0 spiro atoms. The molecule has 190 valence electrons. The minimum atomic E-state index is -0.418. The number of fused-ring (bicyclic) bond motifs is 1. The highest BCUT2D eigenvalue weighted by Gasteiger charge is 2.36. The zero-order chi connectivity index (χ0) is 25.8. The lowest BCUT2D eigenvalue weighted by molar-refractivity contribution is -0.150. The number of carbonyl (C=O) groups is 1. The first-order valence-corrected chi connectivity index (χ1v) is 12.8. The van der Waals surface area contributed by atoms with E-state index in [1.165, 1.54) is 4.57 Å². The van der Waals surface area contributed by atoms with Crippen LogP contribution in [0.3, 0.4) is 0 Å². The van der Waals surface area contributed by atoms with Crippen LogP contribution < -0.4 is 11.2 Å². The number of hydrogen-bond donors (Lipinski definition) is 1. The van der Waals surface area contributed by atoms with Gasteiger partial charge in [0.25, 0.3) is 5.56 Å². The topological polar surface area (TPSA) is 84.4 Å². The van der Waals surface area contributed by atoms with Gasteiger partial charge in [0.1, 0.15) is 0 Å². The Labute approximate surface area is 215 Å². The van der Waals surface area contributed by atoms with Crippen molar-refractivity contribution in [3.05, 3.63) is 105 Å². The number of benzene rings is 3. The van der Waals surface area contributed by atoms with Crippen molar-refractivity contribution in [1.82, 2.24) is 14.5 Å². The molecule has 2 atom stereocenters. The van der Waals surface area contributed by atoms with Crippen molar-refractivity contribution in [1.29, 1.82) is 0 Å². The molecule has 0 saturated carbocycles. The van der Waals surface area contributed by atoms with Crippen LogP contribution in [0.15, 0.2) is 88.5 Å². The molecule has 4 aromatic rings. The third-order valence-corrected chi connectivity index (χ3v) is 7.26. The molecule has 2 heterocycles. The lowest BCUT2D eigenvalue weighted by Crippen LogP contribution is -2.46. The fourth-order valence-corrected chi connectivity index (χ4v) is 5.31. The molecule has 0 amide bonds. The first-order valence-electron chi connectivity index (χ1n) is 12.8. The van der Waals surface area contributed by atoms with Crippen molar-refractivity contribution in [3.63, 3.8) is 0 Å². The fraction of sp³-hybridized carbons (Fsp3) is 0.300. The molecule has 0 bridgehead atoms. The second-order valence-corrected chi connectivity index (χ2v) is 9.47. The van der Waals surface area contributed by atoms with Crippen LogP contribution in [0.5, 0.6) is 0 Å². The number of piperidine rings is 1. The van der Waals surface area contributed by atoms with Gasteiger partial charge in [-0.25, -0.2) is 4.79 Å². The van der Waals surface area contributed by atoms with Crippen molar-refractivity contribution >= 4 is 16.9 Å². The highest BCUT2D eigenvalue weighted by atomic mass is 16.5. The Morgan fingerprint density at radius 2 is 1.62 bits per heavy atom. The largest absolute Gasteiger partial charge is 0.466 e. The Bertz CT molecular complexity index is 1490. The highest BCUT2D eigenvalue weighted by Crippen LogP contribution is 2.35. The molecular formula is C30H31N3O4. The van der Waals surface area contributed by atoms with Crippen molar-refractivity contribution in [3.8, 4) is 11.1 Å². The molecule has 7 nitrogen and oxygen atoms in total. The molecule has 7 heteroatoms. The number of likely N-dealkylation sites (tertiary alicyclic amines) is 1. The SMILES string of the molecule is CCOC(=O)[C@@H]1CN(CCn2c(=O)[nH]c3ccccc3c2=O)CC[C@@H]1c1ccc(-c2ccccc2)cc1. The zero-order valence-electron chi connectivity index (χ0n) is 20.9. The lowest BCUT2D eigenvalue weighted by atomic mass is 9.80. The Hall–Kier alpha value is -3.97. The maximum atomic E-state index is 13.0. The number of nitrogens with zero attached hydrogens (tertiary/aromatic N) is 2. The third kappa shape index (κ3) is 5.27. The molecule has 5 rings (SSSR count). The molecule has 1 aromatic heterocycles. The van der Waals surface area contributed by atoms with Crippen molar-refractivity contribution < 1.29 is 9.53 Å². The van der Waals surface area contributed by atoms with E-state index in [1.807, 2.05) is 25.1 Å². The summed E-state index contributed by atoms with van der Waals surface area (Å²) in [6.45, 7) is 4.19. The van der Waals surface area contributed by atoms with Crippen LogP contribution in [0.25, 0.3) is 22.0 Å². The van der Waals surface area contributed by atoms with E-state index >= 15 is 0 Å². The van der Waals surface area contributed by atoms with Crippen LogP contribution in [0.2, 0.25) is 0 Å². The maximum absolute atomic E-state index is 13.0. The number of H-pyrrole nitrogens is 1. The number of aromatic amines is 1. The van der Waals surface area contributed by atoms with Crippen LogP contribution in [0.4, 0.5) is 0 Å². The number of rotatable bonds is 7. The molecular weight excluding hydrogens is 466 g/mol. The molecule has 1 saturated heterocycles. The van der Waals surface area contributed by atoms with Gasteiger partial charge in [0.05, 0.1) is 23.4 Å².